The van der Waals surface area contributed by atoms with Crippen LogP contribution in [-0.4, -0.2) is 65.8 Å². The highest BCUT2D eigenvalue weighted by atomic mass is 35.5. The van der Waals surface area contributed by atoms with Gasteiger partial charge in [0.05, 0.1) is 15.6 Å². The van der Waals surface area contributed by atoms with Crippen LogP contribution in [0.4, 0.5) is 0 Å². The summed E-state index contributed by atoms with van der Waals surface area (Å²) < 4.78 is 1.76. The Balaban J connectivity index is 1.64. The van der Waals surface area contributed by atoms with E-state index in [-0.39, 0.29) is 33.4 Å². The van der Waals surface area contributed by atoms with E-state index >= 15 is 0 Å². The second kappa shape index (κ2) is 10.1. The number of nitrogens with zero attached hydrogens (tertiary/aromatic N) is 3. The molecule has 3 heterocycles. The zero-order valence-electron chi connectivity index (χ0n) is 18.3. The first-order chi connectivity index (χ1) is 16.6. The summed E-state index contributed by atoms with van der Waals surface area (Å²) in [4.78, 5) is 55.4. The summed E-state index contributed by atoms with van der Waals surface area (Å²) in [6.45, 7) is 1.05. The van der Waals surface area contributed by atoms with E-state index in [0.29, 0.717) is 5.16 Å². The number of nitrogens with one attached hydrogen (secondary N) is 2. The van der Waals surface area contributed by atoms with E-state index in [1.54, 1.807) is 30.1 Å². The fourth-order valence-corrected chi connectivity index (χ4v) is 7.12. The number of aliphatic carboxylic acids is 1. The molecule has 0 spiro atoms. The number of fused-ring (bicyclic) bond motifs is 1. The molecule has 2 aliphatic rings. The minimum Gasteiger partial charge on any atom is -0.477 e. The van der Waals surface area contributed by atoms with Crippen molar-refractivity contribution in [1.82, 2.24) is 25.1 Å². The summed E-state index contributed by atoms with van der Waals surface area (Å²) in [7, 11) is 1.79. The normalized spacial score (nSPS) is 21.3. The number of rotatable bonds is 7. The van der Waals surface area contributed by atoms with Crippen molar-refractivity contribution in [2.24, 2.45) is 7.05 Å². The van der Waals surface area contributed by atoms with E-state index in [0.717, 1.165) is 0 Å². The van der Waals surface area contributed by atoms with Crippen molar-refractivity contribution >= 4 is 70.4 Å². The molecule has 2 unspecified atom stereocenters. The number of imidazole rings is 1. The Kier molecular flexibility index (Phi) is 7.36. The highest BCUT2D eigenvalue weighted by Crippen LogP contribution is 2.48. The van der Waals surface area contributed by atoms with Gasteiger partial charge in [0.25, 0.3) is 5.91 Å². The molecule has 184 valence electrons. The molecule has 0 saturated carbocycles. The average molecular weight is 556 g/mol. The molecule has 2 aliphatic heterocycles. The van der Waals surface area contributed by atoms with E-state index in [2.05, 4.69) is 15.6 Å². The second-order valence-electron chi connectivity index (χ2n) is 7.63. The lowest BCUT2D eigenvalue weighted by atomic mass is 10.1. The molecule has 10 nitrogen and oxygen atoms in total. The molecule has 1 fully saturated rings. The number of aromatic nitrogens is 2. The van der Waals surface area contributed by atoms with Gasteiger partial charge in [-0.05, 0) is 12.1 Å². The van der Waals surface area contributed by atoms with Crippen LogP contribution in [0.2, 0.25) is 10.0 Å². The van der Waals surface area contributed by atoms with Crippen LogP contribution in [0.15, 0.2) is 47.0 Å². The van der Waals surface area contributed by atoms with Crippen LogP contribution in [-0.2, 0) is 21.4 Å². The highest BCUT2D eigenvalue weighted by molar-refractivity contribution is 8.05. The van der Waals surface area contributed by atoms with Gasteiger partial charge in [-0.3, -0.25) is 19.3 Å². The Morgan fingerprint density at radius 2 is 1.94 bits per heavy atom. The van der Waals surface area contributed by atoms with Gasteiger partial charge >= 0.3 is 5.97 Å². The van der Waals surface area contributed by atoms with Gasteiger partial charge in [-0.15, -0.1) is 11.8 Å². The van der Waals surface area contributed by atoms with Crippen molar-refractivity contribution in [3.05, 3.63) is 57.5 Å². The third-order valence-corrected chi connectivity index (χ3v) is 8.86. The third kappa shape index (κ3) is 4.88. The van der Waals surface area contributed by atoms with Gasteiger partial charge < -0.3 is 20.3 Å². The molecular formula is C21H19Cl2N5O5S2. The van der Waals surface area contributed by atoms with Gasteiger partial charge in [0.1, 0.15) is 21.7 Å². The Bertz CT molecular complexity index is 1250. The summed E-state index contributed by atoms with van der Waals surface area (Å²) in [6, 6.07) is 4.60. The maximum atomic E-state index is 13.0. The van der Waals surface area contributed by atoms with Crippen LogP contribution in [0, 0.1) is 0 Å². The smallest absolute Gasteiger partial charge is 0.352 e. The van der Waals surface area contributed by atoms with Crippen LogP contribution < -0.4 is 10.6 Å². The first-order valence-corrected chi connectivity index (χ1v) is 12.8. The van der Waals surface area contributed by atoms with Crippen molar-refractivity contribution in [2.45, 2.75) is 28.1 Å². The largest absolute Gasteiger partial charge is 0.477 e. The second-order valence-corrected chi connectivity index (χ2v) is 10.8. The summed E-state index contributed by atoms with van der Waals surface area (Å²) in [5, 5.41) is 14.3. The maximum Gasteiger partial charge on any atom is 0.352 e. The molecule has 1 saturated heterocycles. The van der Waals surface area contributed by atoms with Crippen molar-refractivity contribution < 1.29 is 24.3 Å². The summed E-state index contributed by atoms with van der Waals surface area (Å²) in [5.74, 6) is -2.76. The predicted molar refractivity (Wildman–Crippen MR) is 132 cm³/mol. The monoisotopic (exact) mass is 555 g/mol. The molecule has 0 radical (unpaired) electrons. The molecule has 0 aliphatic carbocycles. The number of hydrogen-bond acceptors (Lipinski definition) is 7. The fourth-order valence-electron chi connectivity index (χ4n) is 3.70. The zero-order valence-corrected chi connectivity index (χ0v) is 21.5. The molecule has 1 aromatic heterocycles. The lowest BCUT2D eigenvalue weighted by Crippen LogP contribution is -2.65. The minimum absolute atomic E-state index is 0.0392. The van der Waals surface area contributed by atoms with Gasteiger partial charge in [-0.1, -0.05) is 41.0 Å². The summed E-state index contributed by atoms with van der Waals surface area (Å²) >= 11 is 14.7. The number of amides is 3. The van der Waals surface area contributed by atoms with Gasteiger partial charge in [0, 0.05) is 38.5 Å². The number of carboxylic acid groups (broad SMARTS) is 1. The molecule has 35 heavy (non-hydrogen) atoms. The van der Waals surface area contributed by atoms with Crippen molar-refractivity contribution in [2.75, 3.05) is 6.54 Å². The molecule has 4 rings (SSSR count). The average Bonchev–Trinajstić information content (AvgIpc) is 3.19. The molecule has 0 bridgehead atoms. The van der Waals surface area contributed by atoms with E-state index in [1.165, 1.54) is 47.5 Å². The molecule has 14 heteroatoms. The lowest BCUT2D eigenvalue weighted by Gasteiger charge is -2.51. The number of carbonyl (C=O) groups excluding carboxylic acids is 3. The summed E-state index contributed by atoms with van der Waals surface area (Å²) in [6.07, 6.45) is 3.35. The van der Waals surface area contributed by atoms with E-state index < -0.39 is 39.7 Å². The number of thioether (sulfide) groups is 2. The number of aryl methyl sites for hydroxylation is 1. The van der Waals surface area contributed by atoms with Gasteiger partial charge in [0.15, 0.2) is 5.16 Å². The van der Waals surface area contributed by atoms with E-state index in [1.807, 2.05) is 0 Å². The van der Waals surface area contributed by atoms with Crippen LogP contribution in [0.5, 0.6) is 0 Å². The molecule has 1 aromatic carbocycles. The van der Waals surface area contributed by atoms with Gasteiger partial charge in [0.2, 0.25) is 11.8 Å². The van der Waals surface area contributed by atoms with Crippen LogP contribution in [0.25, 0.3) is 0 Å². The number of benzene rings is 1. The van der Waals surface area contributed by atoms with E-state index in [9.17, 15) is 24.3 Å². The standard InChI is InChI=1S/C21H19Cl2N5O5S2/c1-9(29)26-17-10(8-25-16(30)13-11(22)4-3-5-12(13)23)14(20(32)33)28-18(31)15(19(28)35-17)34-21-24-6-7-27(21)2/h3-7,15,17,19H,8H2,1-2H3,(H,25,30)(H,26,29)(H,32,33)/t15?,17?,19-/m1/s1. The maximum absolute atomic E-state index is 13.0. The number of halogens is 2. The van der Waals surface area contributed by atoms with Crippen LogP contribution in [0.3, 0.4) is 0 Å². The van der Waals surface area contributed by atoms with E-state index in [4.69, 9.17) is 23.2 Å². The van der Waals surface area contributed by atoms with Crippen molar-refractivity contribution in [3.63, 3.8) is 0 Å². The van der Waals surface area contributed by atoms with Crippen LogP contribution >= 0.6 is 46.7 Å². The first-order valence-electron chi connectivity index (χ1n) is 10.2. The fraction of sp³-hybridized carbons (Fsp3) is 0.286. The van der Waals surface area contributed by atoms with Crippen LogP contribution in [0.1, 0.15) is 17.3 Å². The number of β-lactam (4-membered cyclic amide) rings is 1. The summed E-state index contributed by atoms with van der Waals surface area (Å²) in [5.41, 5.74) is -0.0729. The predicted octanol–water partition coefficient (Wildman–Crippen LogP) is 2.33. The van der Waals surface area contributed by atoms with Gasteiger partial charge in [-0.2, -0.15) is 0 Å². The molecular weight excluding hydrogens is 537 g/mol. The topological polar surface area (TPSA) is 134 Å². The number of carboxylic acids is 1. The van der Waals surface area contributed by atoms with Crippen molar-refractivity contribution in [1.29, 1.82) is 0 Å². The minimum atomic E-state index is -1.35. The quantitative estimate of drug-likeness (QED) is 0.443. The molecule has 3 atom stereocenters. The van der Waals surface area contributed by atoms with Crippen molar-refractivity contribution in [3.8, 4) is 0 Å². The lowest BCUT2D eigenvalue weighted by molar-refractivity contribution is -0.145. The number of carbonyl (C=O) groups is 4. The Morgan fingerprint density at radius 3 is 2.51 bits per heavy atom. The Labute approximate surface area is 218 Å². The molecule has 3 amide bonds. The highest BCUT2D eigenvalue weighted by Gasteiger charge is 2.56. The van der Waals surface area contributed by atoms with Gasteiger partial charge in [-0.25, -0.2) is 9.78 Å². The SMILES string of the molecule is CC(=O)NC1S[C@@H]2C(Sc3nccn3C)C(=O)N2C(C(=O)O)=C1CNC(=O)c1c(Cl)cccc1Cl. The zero-order chi connectivity index (χ0) is 25.4. The molecule has 3 N–H and O–H groups in total. The Hall–Kier alpha value is -2.67. The first kappa shape index (κ1) is 25.4. The molecule has 2 aromatic rings. The number of hydrogen-bond donors (Lipinski definition) is 3. The third-order valence-electron chi connectivity index (χ3n) is 5.31. The Morgan fingerprint density at radius 1 is 1.26 bits per heavy atom.